The first-order valence-electron chi connectivity index (χ1n) is 5.92. The van der Waals surface area contributed by atoms with Gasteiger partial charge < -0.3 is 10.4 Å². The second kappa shape index (κ2) is 5.33. The number of nitrogens with one attached hydrogen (secondary N) is 1. The molecule has 3 aromatic rings. The number of halogens is 1. The van der Waals surface area contributed by atoms with Crippen LogP contribution in [0.25, 0.3) is 5.65 Å². The first-order valence-corrected chi connectivity index (χ1v) is 6.30. The van der Waals surface area contributed by atoms with Crippen molar-refractivity contribution in [3.05, 3.63) is 47.1 Å². The molecule has 0 aromatic carbocycles. The summed E-state index contributed by atoms with van der Waals surface area (Å²) in [6.07, 6.45) is 4.26. The number of rotatable bonds is 4. The molecule has 3 aromatic heterocycles. The van der Waals surface area contributed by atoms with E-state index in [1.165, 1.54) is 12.4 Å². The van der Waals surface area contributed by atoms with Crippen LogP contribution in [-0.4, -0.2) is 35.6 Å². The number of anilines is 1. The van der Waals surface area contributed by atoms with E-state index in [0.29, 0.717) is 29.0 Å². The van der Waals surface area contributed by atoms with Crippen molar-refractivity contribution < 1.29 is 9.90 Å². The molecule has 0 bridgehead atoms. The lowest BCUT2D eigenvalue weighted by atomic mass is 10.3. The fourth-order valence-corrected chi connectivity index (χ4v) is 1.94. The summed E-state index contributed by atoms with van der Waals surface area (Å²) in [4.78, 5) is 18.5. The molecule has 0 spiro atoms. The Balaban J connectivity index is 1.77. The SMILES string of the molecule is O=C(O)c1cnc(NCc2nnc3c(Cl)cccn23)nc1. The van der Waals surface area contributed by atoms with E-state index in [0.717, 1.165) is 0 Å². The van der Waals surface area contributed by atoms with Gasteiger partial charge in [-0.15, -0.1) is 10.2 Å². The highest BCUT2D eigenvalue weighted by Crippen LogP contribution is 2.15. The monoisotopic (exact) mass is 304 g/mol. The predicted octanol–water partition coefficient (Wildman–Crippen LogP) is 1.48. The van der Waals surface area contributed by atoms with Crippen LogP contribution in [0, 0.1) is 0 Å². The smallest absolute Gasteiger partial charge is 0.338 e. The van der Waals surface area contributed by atoms with Crippen LogP contribution in [0.5, 0.6) is 0 Å². The molecule has 21 heavy (non-hydrogen) atoms. The van der Waals surface area contributed by atoms with Gasteiger partial charge in [0, 0.05) is 18.6 Å². The lowest BCUT2D eigenvalue weighted by molar-refractivity contribution is 0.0696. The van der Waals surface area contributed by atoms with Crippen LogP contribution >= 0.6 is 11.6 Å². The van der Waals surface area contributed by atoms with Gasteiger partial charge >= 0.3 is 5.97 Å². The molecule has 0 saturated heterocycles. The Labute approximate surface area is 123 Å². The van der Waals surface area contributed by atoms with Crippen molar-refractivity contribution in [2.24, 2.45) is 0 Å². The molecule has 0 saturated carbocycles. The summed E-state index contributed by atoms with van der Waals surface area (Å²) in [6.45, 7) is 0.327. The van der Waals surface area contributed by atoms with Crippen molar-refractivity contribution in [3.8, 4) is 0 Å². The van der Waals surface area contributed by atoms with E-state index >= 15 is 0 Å². The summed E-state index contributed by atoms with van der Waals surface area (Å²) in [5, 5.41) is 20.2. The first kappa shape index (κ1) is 13.3. The van der Waals surface area contributed by atoms with Crippen LogP contribution in [0.3, 0.4) is 0 Å². The first-order chi connectivity index (χ1) is 10.1. The van der Waals surface area contributed by atoms with E-state index < -0.39 is 5.97 Å². The third-order valence-electron chi connectivity index (χ3n) is 2.76. The Morgan fingerprint density at radius 3 is 2.81 bits per heavy atom. The van der Waals surface area contributed by atoms with Crippen LogP contribution in [0.2, 0.25) is 5.02 Å². The number of hydrogen-bond donors (Lipinski definition) is 2. The number of carboxylic acids is 1. The van der Waals surface area contributed by atoms with E-state index in [-0.39, 0.29) is 5.56 Å². The number of carboxylic acid groups (broad SMARTS) is 1. The molecule has 0 radical (unpaired) electrons. The molecular weight excluding hydrogens is 296 g/mol. The van der Waals surface area contributed by atoms with Gasteiger partial charge in [0.1, 0.15) is 0 Å². The molecule has 106 valence electrons. The number of aromatic nitrogens is 5. The maximum Gasteiger partial charge on any atom is 0.338 e. The zero-order chi connectivity index (χ0) is 14.8. The van der Waals surface area contributed by atoms with Gasteiger partial charge in [-0.25, -0.2) is 14.8 Å². The van der Waals surface area contributed by atoms with Gasteiger partial charge in [-0.3, -0.25) is 4.40 Å². The quantitative estimate of drug-likeness (QED) is 0.752. The fourth-order valence-electron chi connectivity index (χ4n) is 1.74. The third-order valence-corrected chi connectivity index (χ3v) is 3.06. The van der Waals surface area contributed by atoms with Crippen molar-refractivity contribution in [2.75, 3.05) is 5.32 Å². The van der Waals surface area contributed by atoms with E-state index in [2.05, 4.69) is 25.5 Å². The third kappa shape index (κ3) is 2.61. The Hall–Kier alpha value is -2.74. The lowest BCUT2D eigenvalue weighted by Gasteiger charge is -2.03. The van der Waals surface area contributed by atoms with E-state index in [1.807, 2.05) is 0 Å². The lowest BCUT2D eigenvalue weighted by Crippen LogP contribution is -2.08. The largest absolute Gasteiger partial charge is 0.478 e. The Bertz CT molecular complexity index is 801. The Morgan fingerprint density at radius 1 is 1.33 bits per heavy atom. The van der Waals surface area contributed by atoms with Gasteiger partial charge in [-0.05, 0) is 12.1 Å². The van der Waals surface area contributed by atoms with Crippen LogP contribution < -0.4 is 5.32 Å². The molecule has 2 N–H and O–H groups in total. The van der Waals surface area contributed by atoms with Crippen molar-refractivity contribution in [3.63, 3.8) is 0 Å². The summed E-state index contributed by atoms with van der Waals surface area (Å²) in [7, 11) is 0. The second-order valence-corrected chi connectivity index (χ2v) is 4.53. The molecule has 8 nitrogen and oxygen atoms in total. The van der Waals surface area contributed by atoms with Gasteiger partial charge in [0.25, 0.3) is 0 Å². The predicted molar refractivity (Wildman–Crippen MR) is 74.3 cm³/mol. The number of nitrogens with zero attached hydrogens (tertiary/aromatic N) is 5. The van der Waals surface area contributed by atoms with Gasteiger partial charge in [0.15, 0.2) is 11.5 Å². The molecule has 9 heteroatoms. The van der Waals surface area contributed by atoms with Crippen LogP contribution in [0.4, 0.5) is 5.95 Å². The maximum atomic E-state index is 10.7. The minimum absolute atomic E-state index is 0.0280. The molecule has 0 atom stereocenters. The summed E-state index contributed by atoms with van der Waals surface area (Å²) in [5.74, 6) is -0.128. The minimum Gasteiger partial charge on any atom is -0.478 e. The average molecular weight is 305 g/mol. The van der Waals surface area contributed by atoms with Crippen molar-refractivity contribution in [2.45, 2.75) is 6.54 Å². The molecule has 0 amide bonds. The van der Waals surface area contributed by atoms with E-state index in [1.54, 1.807) is 22.7 Å². The average Bonchev–Trinajstić information content (AvgIpc) is 2.90. The summed E-state index contributed by atoms with van der Waals surface area (Å²) in [6, 6.07) is 3.52. The normalized spacial score (nSPS) is 10.7. The molecule has 0 aliphatic heterocycles. The summed E-state index contributed by atoms with van der Waals surface area (Å²) in [5.41, 5.74) is 0.596. The number of pyridine rings is 1. The highest BCUT2D eigenvalue weighted by atomic mass is 35.5. The van der Waals surface area contributed by atoms with Crippen molar-refractivity contribution in [1.82, 2.24) is 24.6 Å². The van der Waals surface area contributed by atoms with E-state index in [4.69, 9.17) is 16.7 Å². The standard InChI is InChI=1S/C12H9ClN6O2/c13-8-2-1-3-19-9(17-18-10(8)19)6-16-12-14-4-7(5-15-12)11(20)21/h1-5H,6H2,(H,20,21)(H,14,15,16). The van der Waals surface area contributed by atoms with Gasteiger partial charge in [-0.2, -0.15) is 0 Å². The summed E-state index contributed by atoms with van der Waals surface area (Å²) >= 11 is 6.01. The molecule has 3 rings (SSSR count). The minimum atomic E-state index is -1.07. The molecule has 3 heterocycles. The zero-order valence-electron chi connectivity index (χ0n) is 10.6. The number of carbonyl (C=O) groups is 1. The molecular formula is C12H9ClN6O2. The highest BCUT2D eigenvalue weighted by Gasteiger charge is 2.09. The van der Waals surface area contributed by atoms with Gasteiger partial charge in [0.05, 0.1) is 17.1 Å². The second-order valence-electron chi connectivity index (χ2n) is 4.12. The maximum absolute atomic E-state index is 10.7. The molecule has 0 unspecified atom stereocenters. The van der Waals surface area contributed by atoms with Crippen molar-refractivity contribution in [1.29, 1.82) is 0 Å². The van der Waals surface area contributed by atoms with Crippen LogP contribution in [-0.2, 0) is 6.54 Å². The number of fused-ring (bicyclic) bond motifs is 1. The molecule has 0 aliphatic rings. The van der Waals surface area contributed by atoms with Crippen LogP contribution in [0.1, 0.15) is 16.2 Å². The number of hydrogen-bond acceptors (Lipinski definition) is 6. The Kier molecular flexibility index (Phi) is 3.36. The van der Waals surface area contributed by atoms with Crippen molar-refractivity contribution >= 4 is 29.2 Å². The fraction of sp³-hybridized carbons (Fsp3) is 0.0833. The number of aromatic carboxylic acids is 1. The van der Waals surface area contributed by atoms with E-state index in [9.17, 15) is 4.79 Å². The Morgan fingerprint density at radius 2 is 2.10 bits per heavy atom. The molecule has 0 aliphatic carbocycles. The molecule has 0 fully saturated rings. The topological polar surface area (TPSA) is 105 Å². The van der Waals surface area contributed by atoms with Gasteiger partial charge in [-0.1, -0.05) is 11.6 Å². The van der Waals surface area contributed by atoms with Gasteiger partial charge in [0.2, 0.25) is 5.95 Å². The summed E-state index contributed by atoms with van der Waals surface area (Å²) < 4.78 is 1.75. The highest BCUT2D eigenvalue weighted by molar-refractivity contribution is 6.33. The zero-order valence-corrected chi connectivity index (χ0v) is 11.3. The van der Waals surface area contributed by atoms with Crippen LogP contribution in [0.15, 0.2) is 30.7 Å².